The minimum Gasteiger partial charge on any atom is -0.487 e. The summed E-state index contributed by atoms with van der Waals surface area (Å²) in [5, 5.41) is 6.27. The molecular formula is C16H26N4O2. The van der Waals surface area contributed by atoms with Gasteiger partial charge in [0.05, 0.1) is 19.3 Å². The summed E-state index contributed by atoms with van der Waals surface area (Å²) in [6.07, 6.45) is 5.49. The fourth-order valence-electron chi connectivity index (χ4n) is 2.61. The highest BCUT2D eigenvalue weighted by Gasteiger charge is 2.19. The highest BCUT2D eigenvalue weighted by atomic mass is 16.5. The summed E-state index contributed by atoms with van der Waals surface area (Å²) in [5.41, 5.74) is 0. The van der Waals surface area contributed by atoms with Crippen LogP contribution in [-0.4, -0.2) is 61.2 Å². The number of ether oxygens (including phenoxy) is 1. The molecule has 1 fully saturated rings. The van der Waals surface area contributed by atoms with Crippen molar-refractivity contribution in [3.8, 4) is 5.75 Å². The molecule has 2 rings (SSSR count). The molecule has 2 heterocycles. The predicted octanol–water partition coefficient (Wildman–Crippen LogP) is 0.649. The zero-order chi connectivity index (χ0) is 15.8. The summed E-state index contributed by atoms with van der Waals surface area (Å²) in [6.45, 7) is 4.93. The Hall–Kier alpha value is -1.66. The molecule has 122 valence electrons. The van der Waals surface area contributed by atoms with Crippen LogP contribution in [0.2, 0.25) is 0 Å². The van der Waals surface area contributed by atoms with Gasteiger partial charge in [0.2, 0.25) is 5.91 Å². The standard InChI is InChI=1S/C16H26N4O2/c1-13(22-15-4-3-7-18-11-15)10-19-16(21)12-20(2)14-5-8-17-9-6-14/h3-4,7,11,13-14,17H,5-6,8-10,12H2,1-2H3,(H,19,21)/t13-/m0/s1. The third kappa shape index (κ3) is 5.61. The van der Waals surface area contributed by atoms with E-state index in [0.29, 0.717) is 19.1 Å². The molecule has 6 heteroatoms. The maximum Gasteiger partial charge on any atom is 0.234 e. The van der Waals surface area contributed by atoms with Crippen LogP contribution in [0.5, 0.6) is 5.75 Å². The summed E-state index contributed by atoms with van der Waals surface area (Å²) >= 11 is 0. The summed E-state index contributed by atoms with van der Waals surface area (Å²) in [6, 6.07) is 4.18. The van der Waals surface area contributed by atoms with E-state index in [4.69, 9.17) is 4.74 Å². The third-order valence-electron chi connectivity index (χ3n) is 3.88. The Morgan fingerprint density at radius 2 is 2.32 bits per heavy atom. The summed E-state index contributed by atoms with van der Waals surface area (Å²) < 4.78 is 5.69. The van der Waals surface area contributed by atoms with Gasteiger partial charge in [0.15, 0.2) is 0 Å². The van der Waals surface area contributed by atoms with Crippen LogP contribution in [0.25, 0.3) is 0 Å². The number of nitrogens with zero attached hydrogens (tertiary/aromatic N) is 2. The number of hydrogen-bond acceptors (Lipinski definition) is 5. The predicted molar refractivity (Wildman–Crippen MR) is 85.9 cm³/mol. The molecule has 0 saturated carbocycles. The lowest BCUT2D eigenvalue weighted by Crippen LogP contribution is -2.46. The monoisotopic (exact) mass is 306 g/mol. The topological polar surface area (TPSA) is 66.5 Å². The second kappa shape index (κ2) is 8.70. The number of likely N-dealkylation sites (N-methyl/N-ethyl adjacent to an activating group) is 1. The van der Waals surface area contributed by atoms with Crippen LogP contribution in [-0.2, 0) is 4.79 Å². The van der Waals surface area contributed by atoms with E-state index in [2.05, 4.69) is 20.5 Å². The Bertz CT molecular complexity index is 449. The molecule has 1 atom stereocenters. The molecule has 0 radical (unpaired) electrons. The number of carbonyl (C=O) groups excluding carboxylic acids is 1. The third-order valence-corrected chi connectivity index (χ3v) is 3.88. The maximum atomic E-state index is 12.0. The zero-order valence-corrected chi connectivity index (χ0v) is 13.4. The molecular weight excluding hydrogens is 280 g/mol. The molecule has 0 bridgehead atoms. The summed E-state index contributed by atoms with van der Waals surface area (Å²) in [4.78, 5) is 18.2. The van der Waals surface area contributed by atoms with Crippen molar-refractivity contribution in [2.75, 3.05) is 33.2 Å². The second-order valence-electron chi connectivity index (χ2n) is 5.82. The van der Waals surface area contributed by atoms with Crippen molar-refractivity contribution in [1.29, 1.82) is 0 Å². The summed E-state index contributed by atoms with van der Waals surface area (Å²) in [5.74, 6) is 0.763. The minimum absolute atomic E-state index is 0.0441. The van der Waals surface area contributed by atoms with Crippen molar-refractivity contribution in [3.05, 3.63) is 24.5 Å². The Morgan fingerprint density at radius 1 is 1.55 bits per heavy atom. The lowest BCUT2D eigenvalue weighted by Gasteiger charge is -2.31. The van der Waals surface area contributed by atoms with Crippen LogP contribution in [0.15, 0.2) is 24.5 Å². The SMILES string of the molecule is C[C@@H](CNC(=O)CN(C)C1CCNCC1)Oc1cccnc1. The fraction of sp³-hybridized carbons (Fsp3) is 0.625. The van der Waals surface area contributed by atoms with Gasteiger partial charge in [-0.15, -0.1) is 0 Å². The van der Waals surface area contributed by atoms with Gasteiger partial charge in [0.1, 0.15) is 11.9 Å². The van der Waals surface area contributed by atoms with Gasteiger partial charge in [-0.25, -0.2) is 0 Å². The van der Waals surface area contributed by atoms with Crippen LogP contribution >= 0.6 is 0 Å². The quantitative estimate of drug-likeness (QED) is 0.774. The lowest BCUT2D eigenvalue weighted by atomic mass is 10.1. The summed E-state index contributed by atoms with van der Waals surface area (Å²) in [7, 11) is 2.02. The molecule has 1 aromatic heterocycles. The highest BCUT2D eigenvalue weighted by molar-refractivity contribution is 5.78. The van der Waals surface area contributed by atoms with E-state index in [1.807, 2.05) is 26.1 Å². The molecule has 1 amide bonds. The first kappa shape index (κ1) is 16.7. The molecule has 1 aliphatic rings. The van der Waals surface area contributed by atoms with Gasteiger partial charge >= 0.3 is 0 Å². The Kier molecular flexibility index (Phi) is 6.61. The van der Waals surface area contributed by atoms with E-state index in [9.17, 15) is 4.79 Å². The highest BCUT2D eigenvalue weighted by Crippen LogP contribution is 2.10. The number of nitrogens with one attached hydrogen (secondary N) is 2. The number of aromatic nitrogens is 1. The van der Waals surface area contributed by atoms with Gasteiger partial charge in [-0.05, 0) is 52.0 Å². The lowest BCUT2D eigenvalue weighted by molar-refractivity contribution is -0.122. The molecule has 0 spiro atoms. The van der Waals surface area contributed by atoms with Gasteiger partial charge < -0.3 is 15.4 Å². The first-order valence-electron chi connectivity index (χ1n) is 7.89. The molecule has 1 saturated heterocycles. The van der Waals surface area contributed by atoms with E-state index >= 15 is 0 Å². The smallest absolute Gasteiger partial charge is 0.234 e. The van der Waals surface area contributed by atoms with Crippen molar-refractivity contribution in [2.24, 2.45) is 0 Å². The normalized spacial score (nSPS) is 17.2. The van der Waals surface area contributed by atoms with Crippen LogP contribution < -0.4 is 15.4 Å². The van der Waals surface area contributed by atoms with Crippen LogP contribution in [0.4, 0.5) is 0 Å². The van der Waals surface area contributed by atoms with Crippen molar-refractivity contribution in [1.82, 2.24) is 20.5 Å². The van der Waals surface area contributed by atoms with E-state index in [1.54, 1.807) is 12.4 Å². The Balaban J connectivity index is 1.66. The first-order valence-corrected chi connectivity index (χ1v) is 7.89. The molecule has 2 N–H and O–H groups in total. The van der Waals surface area contributed by atoms with Gasteiger partial charge in [-0.1, -0.05) is 0 Å². The van der Waals surface area contributed by atoms with Crippen molar-refractivity contribution < 1.29 is 9.53 Å². The molecule has 22 heavy (non-hydrogen) atoms. The van der Waals surface area contributed by atoms with Gasteiger partial charge in [0, 0.05) is 12.2 Å². The number of pyridine rings is 1. The van der Waals surface area contributed by atoms with E-state index in [0.717, 1.165) is 31.7 Å². The van der Waals surface area contributed by atoms with E-state index < -0.39 is 0 Å². The number of hydrogen-bond donors (Lipinski definition) is 2. The fourth-order valence-corrected chi connectivity index (χ4v) is 2.61. The van der Waals surface area contributed by atoms with Crippen LogP contribution in [0.3, 0.4) is 0 Å². The number of piperidine rings is 1. The molecule has 0 aliphatic carbocycles. The molecule has 1 aliphatic heterocycles. The number of amides is 1. The second-order valence-corrected chi connectivity index (χ2v) is 5.82. The average molecular weight is 306 g/mol. The van der Waals surface area contributed by atoms with Crippen molar-refractivity contribution in [2.45, 2.75) is 31.9 Å². The average Bonchev–Trinajstić information content (AvgIpc) is 2.55. The van der Waals surface area contributed by atoms with Crippen molar-refractivity contribution >= 4 is 5.91 Å². The van der Waals surface area contributed by atoms with Gasteiger partial charge in [0.25, 0.3) is 0 Å². The molecule has 6 nitrogen and oxygen atoms in total. The molecule has 1 aromatic rings. The van der Waals surface area contributed by atoms with Crippen molar-refractivity contribution in [3.63, 3.8) is 0 Å². The van der Waals surface area contributed by atoms with Crippen LogP contribution in [0, 0.1) is 0 Å². The maximum absolute atomic E-state index is 12.0. The largest absolute Gasteiger partial charge is 0.487 e. The Morgan fingerprint density at radius 3 is 3.00 bits per heavy atom. The number of rotatable bonds is 7. The molecule has 0 aromatic carbocycles. The first-order chi connectivity index (χ1) is 10.6. The van der Waals surface area contributed by atoms with E-state index in [1.165, 1.54) is 0 Å². The molecule has 0 unspecified atom stereocenters. The van der Waals surface area contributed by atoms with Crippen LogP contribution in [0.1, 0.15) is 19.8 Å². The van der Waals surface area contributed by atoms with Gasteiger partial charge in [-0.2, -0.15) is 0 Å². The minimum atomic E-state index is -0.0858. The zero-order valence-electron chi connectivity index (χ0n) is 13.4. The van der Waals surface area contributed by atoms with E-state index in [-0.39, 0.29) is 12.0 Å². The Labute approximate surface area is 132 Å². The number of carbonyl (C=O) groups is 1. The van der Waals surface area contributed by atoms with Gasteiger partial charge in [-0.3, -0.25) is 14.7 Å².